The van der Waals surface area contributed by atoms with Gasteiger partial charge in [-0.3, -0.25) is 0 Å². The zero-order valence-corrected chi connectivity index (χ0v) is 9.44. The van der Waals surface area contributed by atoms with Crippen molar-refractivity contribution in [3.8, 4) is 11.6 Å². The van der Waals surface area contributed by atoms with Gasteiger partial charge >= 0.3 is 0 Å². The number of nitrogens with two attached hydrogens (primary N) is 1. The van der Waals surface area contributed by atoms with Gasteiger partial charge in [-0.05, 0) is 36.6 Å². The quantitative estimate of drug-likeness (QED) is 0.826. The molecular weight excluding hydrogens is 226 g/mol. The fourth-order valence-corrected chi connectivity index (χ4v) is 2.25. The van der Waals surface area contributed by atoms with Crippen LogP contribution in [-0.2, 0) is 13.0 Å². The molecule has 0 saturated carbocycles. The van der Waals surface area contributed by atoms with Gasteiger partial charge in [-0.15, -0.1) is 0 Å². The van der Waals surface area contributed by atoms with E-state index < -0.39 is 0 Å². The second-order valence-corrected chi connectivity index (χ2v) is 4.46. The Hall–Kier alpha value is -1.26. The van der Waals surface area contributed by atoms with E-state index in [1.54, 1.807) is 6.07 Å². The Morgan fingerprint density at radius 1 is 1.50 bits per heavy atom. The molecule has 0 bridgehead atoms. The van der Waals surface area contributed by atoms with E-state index in [4.69, 9.17) is 21.8 Å². The number of fused-ring (bicyclic) bond motifs is 1. The van der Waals surface area contributed by atoms with E-state index in [1.807, 2.05) is 12.3 Å². The highest BCUT2D eigenvalue weighted by molar-refractivity contribution is 6.28. The molecule has 1 unspecified atom stereocenters. The Kier molecular flexibility index (Phi) is 2.26. The molecule has 0 fully saturated rings. The van der Waals surface area contributed by atoms with Gasteiger partial charge in [0.2, 0.25) is 0 Å². The molecule has 0 aromatic carbocycles. The van der Waals surface area contributed by atoms with Crippen LogP contribution in [0.5, 0.6) is 0 Å². The van der Waals surface area contributed by atoms with Crippen LogP contribution < -0.4 is 5.73 Å². The third-order valence-corrected chi connectivity index (χ3v) is 3.12. The smallest absolute Gasteiger partial charge is 0.194 e. The van der Waals surface area contributed by atoms with Crippen molar-refractivity contribution < 1.29 is 4.42 Å². The lowest BCUT2D eigenvalue weighted by atomic mass is 10.1. The van der Waals surface area contributed by atoms with Crippen molar-refractivity contribution in [2.24, 2.45) is 5.73 Å². The molecule has 0 amide bonds. The highest BCUT2D eigenvalue weighted by atomic mass is 35.5. The first kappa shape index (κ1) is 9.93. The van der Waals surface area contributed by atoms with Crippen LogP contribution in [0.1, 0.15) is 12.1 Å². The summed E-state index contributed by atoms with van der Waals surface area (Å²) in [7, 11) is 0. The third-order valence-electron chi connectivity index (χ3n) is 2.92. The molecule has 0 radical (unpaired) electrons. The number of nitrogens with zero attached hydrogens (tertiary/aromatic N) is 2. The minimum Gasteiger partial charge on any atom is -0.441 e. The number of hydrogen-bond acceptors (Lipinski definition) is 3. The van der Waals surface area contributed by atoms with Gasteiger partial charge in [-0.2, -0.15) is 0 Å². The fraction of sp³-hybridized carbons (Fsp3) is 0.364. The van der Waals surface area contributed by atoms with Crippen molar-refractivity contribution in [1.82, 2.24) is 9.55 Å². The van der Waals surface area contributed by atoms with Crippen LogP contribution in [0.3, 0.4) is 0 Å². The average molecular weight is 238 g/mol. The van der Waals surface area contributed by atoms with E-state index >= 15 is 0 Å². The van der Waals surface area contributed by atoms with Crippen molar-refractivity contribution in [1.29, 1.82) is 0 Å². The van der Waals surface area contributed by atoms with Crippen LogP contribution in [0.2, 0.25) is 5.22 Å². The van der Waals surface area contributed by atoms with E-state index in [1.165, 1.54) is 5.69 Å². The molecule has 1 atom stereocenters. The lowest BCUT2D eigenvalue weighted by molar-refractivity contribution is 0.458. The molecule has 0 spiro atoms. The molecule has 2 N–H and O–H groups in total. The lowest BCUT2D eigenvalue weighted by Crippen LogP contribution is -2.31. The molecular formula is C11H12ClN3O. The van der Waals surface area contributed by atoms with Crippen LogP contribution in [0.4, 0.5) is 0 Å². The Bertz CT molecular complexity index is 517. The topological polar surface area (TPSA) is 57.0 Å². The summed E-state index contributed by atoms with van der Waals surface area (Å²) in [4.78, 5) is 4.37. The van der Waals surface area contributed by atoms with E-state index in [-0.39, 0.29) is 6.04 Å². The zero-order chi connectivity index (χ0) is 11.1. The Labute approximate surface area is 98.0 Å². The molecule has 3 heterocycles. The second-order valence-electron chi connectivity index (χ2n) is 4.09. The molecule has 0 saturated heterocycles. The van der Waals surface area contributed by atoms with Crippen molar-refractivity contribution in [2.45, 2.75) is 25.4 Å². The molecule has 1 aliphatic rings. The summed E-state index contributed by atoms with van der Waals surface area (Å²) < 4.78 is 7.48. The SMILES string of the molecule is NC1CCc2cnc(-c3ccc(Cl)o3)n2C1. The van der Waals surface area contributed by atoms with E-state index in [2.05, 4.69) is 9.55 Å². The average Bonchev–Trinajstić information content (AvgIpc) is 2.83. The van der Waals surface area contributed by atoms with Gasteiger partial charge in [-0.25, -0.2) is 4.98 Å². The minimum atomic E-state index is 0.200. The second kappa shape index (κ2) is 3.64. The van der Waals surface area contributed by atoms with Gasteiger partial charge in [0.1, 0.15) is 0 Å². The summed E-state index contributed by atoms with van der Waals surface area (Å²) in [5, 5.41) is 0.382. The molecule has 2 aromatic rings. The van der Waals surface area contributed by atoms with Gasteiger partial charge in [-0.1, -0.05) is 0 Å². The van der Waals surface area contributed by atoms with Crippen molar-refractivity contribution in [3.05, 3.63) is 29.2 Å². The normalized spacial score (nSPS) is 19.8. The van der Waals surface area contributed by atoms with Crippen LogP contribution in [-0.4, -0.2) is 15.6 Å². The first-order chi connectivity index (χ1) is 7.74. The number of halogens is 1. The number of furan rings is 1. The van der Waals surface area contributed by atoms with Gasteiger partial charge in [0, 0.05) is 24.5 Å². The third kappa shape index (κ3) is 1.54. The first-order valence-corrected chi connectivity index (χ1v) is 5.67. The molecule has 0 aliphatic carbocycles. The molecule has 4 nitrogen and oxygen atoms in total. The van der Waals surface area contributed by atoms with Crippen LogP contribution in [0.25, 0.3) is 11.6 Å². The minimum absolute atomic E-state index is 0.200. The van der Waals surface area contributed by atoms with Crippen LogP contribution >= 0.6 is 11.6 Å². The summed E-state index contributed by atoms with van der Waals surface area (Å²) in [6, 6.07) is 3.75. The predicted molar refractivity (Wildman–Crippen MR) is 61.2 cm³/mol. The maximum absolute atomic E-state index is 5.96. The van der Waals surface area contributed by atoms with Crippen molar-refractivity contribution >= 4 is 11.6 Å². The van der Waals surface area contributed by atoms with Gasteiger partial charge in [0.05, 0.1) is 0 Å². The standard InChI is InChI=1S/C11H12ClN3O/c12-10-4-3-9(16-10)11-14-5-8-2-1-7(13)6-15(8)11/h3-5,7H,1-2,6,13H2. The molecule has 3 rings (SSSR count). The number of hydrogen-bond donors (Lipinski definition) is 1. The van der Waals surface area contributed by atoms with E-state index in [9.17, 15) is 0 Å². The number of aryl methyl sites for hydroxylation is 1. The molecule has 2 aromatic heterocycles. The maximum atomic E-state index is 5.96. The zero-order valence-electron chi connectivity index (χ0n) is 8.69. The number of imidazole rings is 1. The molecule has 84 valence electrons. The summed E-state index contributed by atoms with van der Waals surface area (Å²) in [5.41, 5.74) is 7.17. The highest BCUT2D eigenvalue weighted by Gasteiger charge is 2.21. The van der Waals surface area contributed by atoms with Crippen LogP contribution in [0.15, 0.2) is 22.7 Å². The summed E-state index contributed by atoms with van der Waals surface area (Å²) in [6.45, 7) is 0.795. The Morgan fingerprint density at radius 3 is 3.12 bits per heavy atom. The largest absolute Gasteiger partial charge is 0.441 e. The molecule has 1 aliphatic heterocycles. The predicted octanol–water partition coefficient (Wildman–Crippen LogP) is 2.07. The monoisotopic (exact) mass is 237 g/mol. The van der Waals surface area contributed by atoms with Crippen molar-refractivity contribution in [2.75, 3.05) is 0 Å². The summed E-state index contributed by atoms with van der Waals surface area (Å²) >= 11 is 5.76. The molecule has 16 heavy (non-hydrogen) atoms. The van der Waals surface area contributed by atoms with E-state index in [0.717, 1.165) is 25.2 Å². The Morgan fingerprint density at radius 2 is 2.38 bits per heavy atom. The molecule has 5 heteroatoms. The van der Waals surface area contributed by atoms with Gasteiger partial charge in [0.15, 0.2) is 16.8 Å². The lowest BCUT2D eigenvalue weighted by Gasteiger charge is -2.21. The fourth-order valence-electron chi connectivity index (χ4n) is 2.10. The number of rotatable bonds is 1. The maximum Gasteiger partial charge on any atom is 0.194 e. The summed E-state index contributed by atoms with van der Waals surface area (Å²) in [5.74, 6) is 1.52. The number of aromatic nitrogens is 2. The first-order valence-electron chi connectivity index (χ1n) is 5.30. The summed E-state index contributed by atoms with van der Waals surface area (Å²) in [6.07, 6.45) is 3.88. The van der Waals surface area contributed by atoms with Gasteiger partial charge in [0.25, 0.3) is 0 Å². The van der Waals surface area contributed by atoms with Crippen LogP contribution in [0, 0.1) is 0 Å². The highest BCUT2D eigenvalue weighted by Crippen LogP contribution is 2.27. The van der Waals surface area contributed by atoms with Gasteiger partial charge < -0.3 is 14.7 Å². The van der Waals surface area contributed by atoms with Crippen molar-refractivity contribution in [3.63, 3.8) is 0 Å². The Balaban J connectivity index is 2.06. The van der Waals surface area contributed by atoms with E-state index in [0.29, 0.717) is 11.0 Å².